The van der Waals surface area contributed by atoms with Crippen molar-refractivity contribution in [1.82, 2.24) is 10.2 Å². The lowest BCUT2D eigenvalue weighted by molar-refractivity contribution is 0.129. The highest BCUT2D eigenvalue weighted by molar-refractivity contribution is 9.10. The number of fused-ring (bicyclic) bond motifs is 2. The first kappa shape index (κ1) is 15.9. The molecule has 2 bridgehead atoms. The summed E-state index contributed by atoms with van der Waals surface area (Å²) in [6.45, 7) is 8.47. The van der Waals surface area contributed by atoms with Gasteiger partial charge in [-0.1, -0.05) is 54.9 Å². The third-order valence-electron chi connectivity index (χ3n) is 5.06. The molecule has 2 aliphatic rings. The number of hydrogen-bond acceptors (Lipinski definition) is 1. The van der Waals surface area contributed by atoms with Gasteiger partial charge in [-0.2, -0.15) is 0 Å². The number of hydrogen-bond donors (Lipinski definition) is 1. The summed E-state index contributed by atoms with van der Waals surface area (Å²) >= 11 is 3.53. The lowest BCUT2D eigenvalue weighted by Crippen LogP contribution is -2.43. The number of halogens is 1. The molecule has 2 unspecified atom stereocenters. The van der Waals surface area contributed by atoms with Gasteiger partial charge in [0, 0.05) is 23.6 Å². The Labute approximate surface area is 141 Å². The summed E-state index contributed by atoms with van der Waals surface area (Å²) in [6.07, 6.45) is 3.48. The molecular formula is C18H25BrN2O. The van der Waals surface area contributed by atoms with Crippen LogP contribution in [-0.4, -0.2) is 23.5 Å². The predicted octanol–water partition coefficient (Wildman–Crippen LogP) is 4.56. The molecule has 1 aliphatic carbocycles. The Balaban J connectivity index is 1.65. The van der Waals surface area contributed by atoms with Gasteiger partial charge < -0.3 is 10.2 Å². The molecule has 3 rings (SSSR count). The smallest absolute Gasteiger partial charge is 0.317 e. The zero-order valence-electron chi connectivity index (χ0n) is 13.7. The molecule has 120 valence electrons. The van der Waals surface area contributed by atoms with E-state index in [-0.39, 0.29) is 11.4 Å². The van der Waals surface area contributed by atoms with Gasteiger partial charge in [0.1, 0.15) is 0 Å². The largest absolute Gasteiger partial charge is 0.334 e. The van der Waals surface area contributed by atoms with Crippen LogP contribution in [0, 0.1) is 10.8 Å². The highest BCUT2D eigenvalue weighted by atomic mass is 79.9. The van der Waals surface area contributed by atoms with Crippen LogP contribution in [0.5, 0.6) is 0 Å². The van der Waals surface area contributed by atoms with Gasteiger partial charge in [-0.15, -0.1) is 0 Å². The first-order valence-electron chi connectivity index (χ1n) is 8.06. The van der Waals surface area contributed by atoms with Gasteiger partial charge in [0.05, 0.1) is 0 Å². The number of urea groups is 1. The lowest BCUT2D eigenvalue weighted by atomic mass is 9.65. The maximum Gasteiger partial charge on any atom is 0.317 e. The van der Waals surface area contributed by atoms with Gasteiger partial charge in [-0.05, 0) is 41.7 Å². The second kappa shape index (κ2) is 5.55. The molecule has 3 nitrogen and oxygen atoms in total. The molecule has 1 aromatic carbocycles. The van der Waals surface area contributed by atoms with Crippen molar-refractivity contribution in [3.8, 4) is 0 Å². The molecule has 1 aromatic rings. The SMILES string of the molecule is CC1(C)CC2CC(C)(CN2C(=O)NCc2ccccc2Br)C1. The molecule has 2 atom stereocenters. The Morgan fingerprint density at radius 1 is 1.32 bits per heavy atom. The van der Waals surface area contributed by atoms with E-state index in [2.05, 4.69) is 46.9 Å². The number of carbonyl (C=O) groups is 1. The van der Waals surface area contributed by atoms with Crippen LogP contribution in [0.1, 0.15) is 45.6 Å². The van der Waals surface area contributed by atoms with E-state index in [1.807, 2.05) is 24.3 Å². The van der Waals surface area contributed by atoms with E-state index in [1.165, 1.54) is 6.42 Å². The lowest BCUT2D eigenvalue weighted by Gasteiger charge is -2.39. The average Bonchev–Trinajstić information content (AvgIpc) is 2.67. The number of nitrogens with zero attached hydrogens (tertiary/aromatic N) is 1. The van der Waals surface area contributed by atoms with Gasteiger partial charge in [0.15, 0.2) is 0 Å². The zero-order chi connectivity index (χ0) is 16.0. The van der Waals surface area contributed by atoms with Crippen molar-refractivity contribution in [3.63, 3.8) is 0 Å². The molecular weight excluding hydrogens is 340 g/mol. The van der Waals surface area contributed by atoms with Crippen LogP contribution in [0.25, 0.3) is 0 Å². The number of amides is 2. The molecule has 0 radical (unpaired) electrons. The van der Waals surface area contributed by atoms with Gasteiger partial charge in [-0.3, -0.25) is 0 Å². The Hall–Kier alpha value is -1.03. The van der Waals surface area contributed by atoms with Crippen molar-refractivity contribution in [2.24, 2.45) is 10.8 Å². The van der Waals surface area contributed by atoms with Crippen LogP contribution < -0.4 is 5.32 Å². The minimum Gasteiger partial charge on any atom is -0.334 e. The molecule has 4 heteroatoms. The highest BCUT2D eigenvalue weighted by Gasteiger charge is 2.50. The molecule has 1 saturated heterocycles. The fraction of sp³-hybridized carbons (Fsp3) is 0.611. The van der Waals surface area contributed by atoms with E-state index < -0.39 is 0 Å². The van der Waals surface area contributed by atoms with E-state index in [1.54, 1.807) is 0 Å². The van der Waals surface area contributed by atoms with E-state index in [9.17, 15) is 4.79 Å². The van der Waals surface area contributed by atoms with Crippen molar-refractivity contribution >= 4 is 22.0 Å². The standard InChI is InChI=1S/C18H25BrN2O/c1-17(2)8-14-9-18(3,11-17)12-21(14)16(22)20-10-13-6-4-5-7-15(13)19/h4-7,14H,8-12H2,1-3H3,(H,20,22). The van der Waals surface area contributed by atoms with E-state index in [0.29, 0.717) is 18.0 Å². The summed E-state index contributed by atoms with van der Waals surface area (Å²) in [5.41, 5.74) is 1.75. The van der Waals surface area contributed by atoms with Crippen molar-refractivity contribution in [2.75, 3.05) is 6.54 Å². The third kappa shape index (κ3) is 3.17. The average molecular weight is 365 g/mol. The molecule has 1 saturated carbocycles. The van der Waals surface area contributed by atoms with Gasteiger partial charge >= 0.3 is 6.03 Å². The molecule has 22 heavy (non-hydrogen) atoms. The van der Waals surface area contributed by atoms with Crippen molar-refractivity contribution < 1.29 is 4.79 Å². The summed E-state index contributed by atoms with van der Waals surface area (Å²) < 4.78 is 1.04. The maximum atomic E-state index is 12.6. The maximum absolute atomic E-state index is 12.6. The summed E-state index contributed by atoms with van der Waals surface area (Å²) in [5.74, 6) is 0. The molecule has 2 fully saturated rings. The zero-order valence-corrected chi connectivity index (χ0v) is 15.2. The van der Waals surface area contributed by atoms with E-state index in [0.717, 1.165) is 29.4 Å². The predicted molar refractivity (Wildman–Crippen MR) is 92.6 cm³/mol. The number of carbonyl (C=O) groups excluding carboxylic acids is 1. The van der Waals surface area contributed by atoms with Crippen LogP contribution in [0.4, 0.5) is 4.79 Å². The topological polar surface area (TPSA) is 32.3 Å². The minimum atomic E-state index is 0.0854. The number of benzene rings is 1. The summed E-state index contributed by atoms with van der Waals surface area (Å²) in [6, 6.07) is 8.51. The van der Waals surface area contributed by atoms with Crippen molar-refractivity contribution in [3.05, 3.63) is 34.3 Å². The molecule has 2 amide bonds. The normalized spacial score (nSPS) is 29.5. The van der Waals surface area contributed by atoms with Crippen LogP contribution >= 0.6 is 15.9 Å². The second-order valence-corrected chi connectivity index (χ2v) is 8.95. The molecule has 1 heterocycles. The Morgan fingerprint density at radius 3 is 2.77 bits per heavy atom. The Morgan fingerprint density at radius 2 is 2.05 bits per heavy atom. The van der Waals surface area contributed by atoms with Crippen LogP contribution in [0.15, 0.2) is 28.7 Å². The minimum absolute atomic E-state index is 0.0854. The first-order valence-corrected chi connectivity index (χ1v) is 8.85. The third-order valence-corrected chi connectivity index (χ3v) is 5.84. The summed E-state index contributed by atoms with van der Waals surface area (Å²) in [4.78, 5) is 14.7. The van der Waals surface area contributed by atoms with Crippen LogP contribution in [0.3, 0.4) is 0 Å². The fourth-order valence-corrected chi connectivity index (χ4v) is 5.04. The number of likely N-dealkylation sites (tertiary alicyclic amines) is 1. The Kier molecular flexibility index (Phi) is 4.00. The summed E-state index contributed by atoms with van der Waals surface area (Å²) in [7, 11) is 0. The molecule has 0 aromatic heterocycles. The molecule has 1 N–H and O–H groups in total. The fourth-order valence-electron chi connectivity index (χ4n) is 4.61. The number of nitrogens with one attached hydrogen (secondary N) is 1. The quantitative estimate of drug-likeness (QED) is 0.819. The van der Waals surface area contributed by atoms with Gasteiger partial charge in [0.2, 0.25) is 0 Å². The molecule has 1 aliphatic heterocycles. The second-order valence-electron chi connectivity index (χ2n) is 8.09. The summed E-state index contributed by atoms with van der Waals surface area (Å²) in [5, 5.41) is 3.10. The molecule has 0 spiro atoms. The van der Waals surface area contributed by atoms with Crippen molar-refractivity contribution in [2.45, 2.75) is 52.6 Å². The first-order chi connectivity index (χ1) is 10.3. The van der Waals surface area contributed by atoms with Gasteiger partial charge in [-0.25, -0.2) is 4.79 Å². The van der Waals surface area contributed by atoms with E-state index in [4.69, 9.17) is 0 Å². The van der Waals surface area contributed by atoms with Crippen LogP contribution in [0.2, 0.25) is 0 Å². The Bertz CT molecular complexity index is 586. The van der Waals surface area contributed by atoms with E-state index >= 15 is 0 Å². The highest BCUT2D eigenvalue weighted by Crippen LogP contribution is 2.52. The number of rotatable bonds is 2. The van der Waals surface area contributed by atoms with Crippen molar-refractivity contribution in [1.29, 1.82) is 0 Å². The monoisotopic (exact) mass is 364 g/mol. The van der Waals surface area contributed by atoms with Crippen LogP contribution in [-0.2, 0) is 6.54 Å². The van der Waals surface area contributed by atoms with Gasteiger partial charge in [0.25, 0.3) is 0 Å².